The first-order valence-corrected chi connectivity index (χ1v) is 4.52. The minimum atomic E-state index is -1.52. The van der Waals surface area contributed by atoms with Gasteiger partial charge < -0.3 is 10.8 Å². The molecule has 0 heterocycles. The maximum Gasteiger partial charge on any atom is 0.305 e. The molecule has 1 rings (SSSR count). The van der Waals surface area contributed by atoms with Crippen LogP contribution in [-0.2, 0) is 4.79 Å². The SMILES string of the molecule is NC(CC(=O)O)c1cc(F)c(F)c(Cl)c1F. The first-order valence-electron chi connectivity index (χ1n) is 4.14. The third kappa shape index (κ3) is 2.45. The van der Waals surface area contributed by atoms with Crippen LogP contribution in [0.3, 0.4) is 0 Å². The number of aliphatic carboxylic acids is 1. The van der Waals surface area contributed by atoms with Gasteiger partial charge in [0.2, 0.25) is 0 Å². The van der Waals surface area contributed by atoms with E-state index in [2.05, 4.69) is 0 Å². The van der Waals surface area contributed by atoms with E-state index in [1.165, 1.54) is 0 Å². The number of carboxylic acid groups (broad SMARTS) is 1. The second-order valence-corrected chi connectivity index (χ2v) is 3.47. The molecular formula is C9H7ClF3NO2. The van der Waals surface area contributed by atoms with E-state index in [1.807, 2.05) is 0 Å². The average Bonchev–Trinajstić information content (AvgIpc) is 2.19. The van der Waals surface area contributed by atoms with Crippen molar-refractivity contribution >= 4 is 17.6 Å². The van der Waals surface area contributed by atoms with Gasteiger partial charge >= 0.3 is 5.97 Å². The summed E-state index contributed by atoms with van der Waals surface area (Å²) in [6.07, 6.45) is -0.613. The molecule has 0 aromatic heterocycles. The molecule has 0 amide bonds. The third-order valence-electron chi connectivity index (χ3n) is 1.92. The Labute approximate surface area is 93.6 Å². The Bertz CT molecular complexity index is 439. The molecule has 88 valence electrons. The van der Waals surface area contributed by atoms with Crippen molar-refractivity contribution in [2.24, 2.45) is 5.73 Å². The molecule has 1 aromatic carbocycles. The molecule has 0 bridgehead atoms. The molecular weight excluding hydrogens is 247 g/mol. The van der Waals surface area contributed by atoms with Crippen LogP contribution in [0.25, 0.3) is 0 Å². The molecule has 7 heteroatoms. The number of nitrogens with two attached hydrogens (primary N) is 1. The van der Waals surface area contributed by atoms with Crippen LogP contribution in [0.1, 0.15) is 18.0 Å². The summed E-state index contributed by atoms with van der Waals surface area (Å²) in [5.41, 5.74) is 4.85. The van der Waals surface area contributed by atoms with Crippen LogP contribution >= 0.6 is 11.6 Å². The van der Waals surface area contributed by atoms with Gasteiger partial charge in [-0.15, -0.1) is 0 Å². The molecule has 0 aliphatic carbocycles. The molecule has 0 spiro atoms. The minimum Gasteiger partial charge on any atom is -0.481 e. The fourth-order valence-electron chi connectivity index (χ4n) is 1.16. The predicted molar refractivity (Wildman–Crippen MR) is 50.5 cm³/mol. The molecule has 0 saturated heterocycles. The van der Waals surface area contributed by atoms with E-state index in [0.29, 0.717) is 6.07 Å². The van der Waals surface area contributed by atoms with E-state index in [1.54, 1.807) is 0 Å². The number of carboxylic acids is 1. The topological polar surface area (TPSA) is 63.3 Å². The lowest BCUT2D eigenvalue weighted by Crippen LogP contribution is -2.17. The standard InChI is InChI=1S/C9H7ClF3NO2/c10-7-8(12)3(1-4(11)9(7)13)5(14)2-6(15)16/h1,5H,2,14H2,(H,15,16). The van der Waals surface area contributed by atoms with Gasteiger partial charge in [-0.2, -0.15) is 0 Å². The van der Waals surface area contributed by atoms with Crippen LogP contribution in [0, 0.1) is 17.5 Å². The zero-order valence-corrected chi connectivity index (χ0v) is 8.56. The molecule has 1 unspecified atom stereocenters. The quantitative estimate of drug-likeness (QED) is 0.641. The van der Waals surface area contributed by atoms with Gasteiger partial charge in [0.15, 0.2) is 11.6 Å². The molecule has 1 atom stereocenters. The Morgan fingerprint density at radius 2 is 2.00 bits per heavy atom. The van der Waals surface area contributed by atoms with Gasteiger partial charge in [-0.3, -0.25) is 4.79 Å². The number of hydrogen-bond acceptors (Lipinski definition) is 2. The van der Waals surface area contributed by atoms with Crippen molar-refractivity contribution in [1.29, 1.82) is 0 Å². The van der Waals surface area contributed by atoms with Crippen LogP contribution in [0.4, 0.5) is 13.2 Å². The van der Waals surface area contributed by atoms with E-state index in [-0.39, 0.29) is 0 Å². The molecule has 3 N–H and O–H groups in total. The third-order valence-corrected chi connectivity index (χ3v) is 2.26. The minimum absolute atomic E-state index is 0.466. The molecule has 16 heavy (non-hydrogen) atoms. The highest BCUT2D eigenvalue weighted by atomic mass is 35.5. The van der Waals surface area contributed by atoms with Gasteiger partial charge in [-0.1, -0.05) is 11.6 Å². The van der Waals surface area contributed by atoms with Crippen molar-refractivity contribution < 1.29 is 23.1 Å². The van der Waals surface area contributed by atoms with Gasteiger partial charge in [0.05, 0.1) is 6.42 Å². The molecule has 3 nitrogen and oxygen atoms in total. The predicted octanol–water partition coefficient (Wildman–Crippen LogP) is 2.23. The summed E-state index contributed by atoms with van der Waals surface area (Å²) in [5.74, 6) is -5.42. The van der Waals surface area contributed by atoms with Gasteiger partial charge in [-0.25, -0.2) is 13.2 Å². The largest absolute Gasteiger partial charge is 0.481 e. The molecule has 0 saturated carbocycles. The first kappa shape index (κ1) is 12.8. The van der Waals surface area contributed by atoms with E-state index >= 15 is 0 Å². The van der Waals surface area contributed by atoms with Crippen molar-refractivity contribution in [2.75, 3.05) is 0 Å². The Morgan fingerprint density at radius 1 is 1.44 bits per heavy atom. The smallest absolute Gasteiger partial charge is 0.305 e. The molecule has 0 radical (unpaired) electrons. The highest BCUT2D eigenvalue weighted by Crippen LogP contribution is 2.28. The summed E-state index contributed by atoms with van der Waals surface area (Å²) in [4.78, 5) is 10.3. The molecule has 0 fully saturated rings. The van der Waals surface area contributed by atoms with E-state index in [4.69, 9.17) is 22.4 Å². The van der Waals surface area contributed by atoms with Crippen molar-refractivity contribution in [3.8, 4) is 0 Å². The summed E-state index contributed by atoms with van der Waals surface area (Å²) in [6.45, 7) is 0. The second-order valence-electron chi connectivity index (χ2n) is 3.09. The normalized spacial score (nSPS) is 12.6. The van der Waals surface area contributed by atoms with Crippen LogP contribution in [0.5, 0.6) is 0 Å². The summed E-state index contributed by atoms with van der Waals surface area (Å²) in [5, 5.41) is 7.39. The van der Waals surface area contributed by atoms with Gasteiger partial charge in [0.25, 0.3) is 0 Å². The van der Waals surface area contributed by atoms with Crippen LogP contribution in [0.2, 0.25) is 5.02 Å². The summed E-state index contributed by atoms with van der Waals surface area (Å²) in [6, 6.07) is -0.783. The van der Waals surface area contributed by atoms with Crippen molar-refractivity contribution in [2.45, 2.75) is 12.5 Å². The lowest BCUT2D eigenvalue weighted by molar-refractivity contribution is -0.137. The average molecular weight is 254 g/mol. The van der Waals surface area contributed by atoms with Crippen molar-refractivity contribution in [3.05, 3.63) is 34.1 Å². The maximum atomic E-state index is 13.3. The lowest BCUT2D eigenvalue weighted by Gasteiger charge is -2.12. The number of rotatable bonds is 3. The summed E-state index contributed by atoms with van der Waals surface area (Å²) in [7, 11) is 0. The van der Waals surface area contributed by atoms with Gasteiger partial charge in [-0.05, 0) is 6.07 Å². The van der Waals surface area contributed by atoms with Crippen LogP contribution in [-0.4, -0.2) is 11.1 Å². The summed E-state index contributed by atoms with van der Waals surface area (Å²) >= 11 is 5.18. The van der Waals surface area contributed by atoms with E-state index in [0.717, 1.165) is 0 Å². The molecule has 0 aliphatic rings. The number of hydrogen-bond donors (Lipinski definition) is 2. The van der Waals surface area contributed by atoms with Gasteiger partial charge in [0.1, 0.15) is 10.8 Å². The van der Waals surface area contributed by atoms with Crippen LogP contribution < -0.4 is 5.73 Å². The van der Waals surface area contributed by atoms with Crippen LogP contribution in [0.15, 0.2) is 6.07 Å². The fourth-order valence-corrected chi connectivity index (χ4v) is 1.36. The van der Waals surface area contributed by atoms with E-state index < -0.39 is 46.5 Å². The number of carbonyl (C=O) groups is 1. The maximum absolute atomic E-state index is 13.3. The Balaban J connectivity index is 3.19. The second kappa shape index (κ2) is 4.71. The monoisotopic (exact) mass is 253 g/mol. The van der Waals surface area contributed by atoms with Crippen molar-refractivity contribution in [1.82, 2.24) is 0 Å². The van der Waals surface area contributed by atoms with Crippen molar-refractivity contribution in [3.63, 3.8) is 0 Å². The lowest BCUT2D eigenvalue weighted by atomic mass is 10.0. The molecule has 1 aromatic rings. The number of halogens is 4. The van der Waals surface area contributed by atoms with Gasteiger partial charge in [0, 0.05) is 11.6 Å². The zero-order chi connectivity index (χ0) is 12.5. The zero-order valence-electron chi connectivity index (χ0n) is 7.81. The first-order chi connectivity index (χ1) is 7.34. The fraction of sp³-hybridized carbons (Fsp3) is 0.222. The number of benzene rings is 1. The Morgan fingerprint density at radius 3 is 2.50 bits per heavy atom. The molecule has 0 aliphatic heterocycles. The highest BCUT2D eigenvalue weighted by Gasteiger charge is 2.22. The Kier molecular flexibility index (Phi) is 3.77. The summed E-state index contributed by atoms with van der Waals surface area (Å²) < 4.78 is 39.0. The van der Waals surface area contributed by atoms with E-state index in [9.17, 15) is 18.0 Å². The highest BCUT2D eigenvalue weighted by molar-refractivity contribution is 6.31. The Hall–Kier alpha value is -1.27.